The average molecular weight is 255 g/mol. The maximum absolute atomic E-state index is 12.6. The van der Waals surface area contributed by atoms with Crippen molar-refractivity contribution in [1.29, 1.82) is 0 Å². The Labute approximate surface area is 107 Å². The molecule has 1 unspecified atom stereocenters. The van der Waals surface area contributed by atoms with Crippen LogP contribution in [-0.4, -0.2) is 49.6 Å². The van der Waals surface area contributed by atoms with Crippen LogP contribution in [0.1, 0.15) is 19.3 Å². The largest absolute Gasteiger partial charge is 0.381 e. The molecule has 0 aromatic heterocycles. The summed E-state index contributed by atoms with van der Waals surface area (Å²) in [7, 11) is 0. The summed E-state index contributed by atoms with van der Waals surface area (Å²) < 4.78 is 5.30. The van der Waals surface area contributed by atoms with E-state index in [0.717, 1.165) is 0 Å². The number of rotatable bonds is 3. The summed E-state index contributed by atoms with van der Waals surface area (Å²) in [6.07, 6.45) is 2.00. The highest BCUT2D eigenvalue weighted by molar-refractivity contribution is 5.85. The van der Waals surface area contributed by atoms with Gasteiger partial charge in [-0.05, 0) is 19.3 Å². The summed E-state index contributed by atoms with van der Waals surface area (Å²) in [6.45, 7) is 2.55. The fourth-order valence-electron chi connectivity index (χ4n) is 2.78. The van der Waals surface area contributed by atoms with Gasteiger partial charge < -0.3 is 21.1 Å². The van der Waals surface area contributed by atoms with Crippen LogP contribution < -0.4 is 11.5 Å². The van der Waals surface area contributed by atoms with Gasteiger partial charge in [0.05, 0.1) is 11.3 Å². The van der Waals surface area contributed by atoms with Crippen LogP contribution in [-0.2, 0) is 14.3 Å². The van der Waals surface area contributed by atoms with Crippen molar-refractivity contribution in [3.63, 3.8) is 0 Å². The molecule has 0 radical (unpaired) electrons. The first-order chi connectivity index (χ1) is 8.59. The average Bonchev–Trinajstić information content (AvgIpc) is 2.88. The molecule has 102 valence electrons. The van der Waals surface area contributed by atoms with Crippen LogP contribution in [0.5, 0.6) is 0 Å². The maximum Gasteiger partial charge on any atom is 0.230 e. The Balaban J connectivity index is 2.04. The molecule has 2 fully saturated rings. The normalized spacial score (nSPS) is 27.2. The molecule has 6 nitrogen and oxygen atoms in total. The van der Waals surface area contributed by atoms with Gasteiger partial charge in [0, 0.05) is 32.8 Å². The van der Waals surface area contributed by atoms with Crippen LogP contribution >= 0.6 is 0 Å². The smallest absolute Gasteiger partial charge is 0.230 e. The lowest BCUT2D eigenvalue weighted by Crippen LogP contribution is -2.50. The van der Waals surface area contributed by atoms with E-state index in [4.69, 9.17) is 16.2 Å². The molecule has 0 bridgehead atoms. The molecule has 2 aliphatic heterocycles. The minimum Gasteiger partial charge on any atom is -0.381 e. The highest BCUT2D eigenvalue weighted by atomic mass is 16.5. The molecule has 6 heteroatoms. The summed E-state index contributed by atoms with van der Waals surface area (Å²) in [5.74, 6) is -0.459. The lowest BCUT2D eigenvalue weighted by Gasteiger charge is -2.37. The molecule has 2 amide bonds. The fraction of sp³-hybridized carbons (Fsp3) is 0.833. The standard InChI is InChI=1S/C12H21N3O3/c13-8-12(2-5-18-6-3-12)11(17)15-4-1-9(7-15)10(14)16/h9H,1-8,13H2,(H2,14,16). The van der Waals surface area contributed by atoms with Crippen LogP contribution in [0.2, 0.25) is 0 Å². The second-order valence-corrected chi connectivity index (χ2v) is 5.24. The van der Waals surface area contributed by atoms with Gasteiger partial charge in [-0.1, -0.05) is 0 Å². The van der Waals surface area contributed by atoms with Gasteiger partial charge in [-0.15, -0.1) is 0 Å². The monoisotopic (exact) mass is 255 g/mol. The number of ether oxygens (including phenoxy) is 1. The van der Waals surface area contributed by atoms with Gasteiger partial charge in [-0.2, -0.15) is 0 Å². The van der Waals surface area contributed by atoms with Gasteiger partial charge in [-0.3, -0.25) is 9.59 Å². The third-order valence-electron chi connectivity index (χ3n) is 4.17. The van der Waals surface area contributed by atoms with Crippen LogP contribution in [0.15, 0.2) is 0 Å². The van der Waals surface area contributed by atoms with Gasteiger partial charge >= 0.3 is 0 Å². The predicted octanol–water partition coefficient (Wildman–Crippen LogP) is -0.924. The first-order valence-corrected chi connectivity index (χ1v) is 6.45. The zero-order chi connectivity index (χ0) is 13.2. The number of likely N-dealkylation sites (tertiary alicyclic amines) is 1. The van der Waals surface area contributed by atoms with Crippen molar-refractivity contribution < 1.29 is 14.3 Å². The quantitative estimate of drug-likeness (QED) is 0.681. The molecule has 0 aromatic rings. The summed E-state index contributed by atoms with van der Waals surface area (Å²) >= 11 is 0. The van der Waals surface area contributed by atoms with Crippen LogP contribution in [0.25, 0.3) is 0 Å². The molecular weight excluding hydrogens is 234 g/mol. The van der Waals surface area contributed by atoms with Crippen LogP contribution in [0.4, 0.5) is 0 Å². The molecule has 0 aliphatic carbocycles. The topological polar surface area (TPSA) is 98.7 Å². The molecular formula is C12H21N3O3. The zero-order valence-electron chi connectivity index (χ0n) is 10.6. The molecule has 0 aromatic carbocycles. The maximum atomic E-state index is 12.6. The van der Waals surface area contributed by atoms with Gasteiger partial charge in [-0.25, -0.2) is 0 Å². The zero-order valence-corrected chi connectivity index (χ0v) is 10.6. The molecule has 1 atom stereocenters. The molecule has 2 rings (SSSR count). The molecule has 0 spiro atoms. The number of amides is 2. The first kappa shape index (κ1) is 13.3. The number of carbonyl (C=O) groups excluding carboxylic acids is 2. The van der Waals surface area contributed by atoms with Crippen LogP contribution in [0, 0.1) is 11.3 Å². The predicted molar refractivity (Wildman–Crippen MR) is 65.4 cm³/mol. The van der Waals surface area contributed by atoms with E-state index in [0.29, 0.717) is 52.1 Å². The molecule has 18 heavy (non-hydrogen) atoms. The van der Waals surface area contributed by atoms with E-state index in [9.17, 15) is 9.59 Å². The third-order valence-corrected chi connectivity index (χ3v) is 4.17. The Morgan fingerprint density at radius 2 is 2.00 bits per heavy atom. The Hall–Kier alpha value is -1.14. The summed E-state index contributed by atoms with van der Waals surface area (Å²) in [6, 6.07) is 0. The molecule has 4 N–H and O–H groups in total. The van der Waals surface area contributed by atoms with Gasteiger partial charge in [0.2, 0.25) is 11.8 Å². The Bertz CT molecular complexity index is 339. The number of nitrogens with two attached hydrogens (primary N) is 2. The molecule has 2 heterocycles. The van der Waals surface area contributed by atoms with Crippen molar-refractivity contribution in [2.45, 2.75) is 19.3 Å². The number of primary amides is 1. The second kappa shape index (κ2) is 5.24. The Morgan fingerprint density at radius 3 is 2.50 bits per heavy atom. The van der Waals surface area contributed by atoms with E-state index in [1.807, 2.05) is 0 Å². The van der Waals surface area contributed by atoms with Gasteiger partial charge in [0.25, 0.3) is 0 Å². The van der Waals surface area contributed by atoms with E-state index in [-0.39, 0.29) is 17.7 Å². The van der Waals surface area contributed by atoms with Crippen molar-refractivity contribution in [3.05, 3.63) is 0 Å². The van der Waals surface area contributed by atoms with E-state index < -0.39 is 5.41 Å². The van der Waals surface area contributed by atoms with Crippen molar-refractivity contribution in [2.24, 2.45) is 22.8 Å². The SMILES string of the molecule is NCC1(C(=O)N2CCC(C(N)=O)C2)CCOCC1. The minimum absolute atomic E-state index is 0.0667. The summed E-state index contributed by atoms with van der Waals surface area (Å²) in [5.41, 5.74) is 10.6. The highest BCUT2D eigenvalue weighted by Gasteiger charge is 2.43. The third kappa shape index (κ3) is 2.35. The second-order valence-electron chi connectivity index (χ2n) is 5.24. The fourth-order valence-corrected chi connectivity index (χ4v) is 2.78. The number of nitrogens with zero attached hydrogens (tertiary/aromatic N) is 1. The van der Waals surface area contributed by atoms with Gasteiger partial charge in [0.1, 0.15) is 0 Å². The van der Waals surface area contributed by atoms with Crippen molar-refractivity contribution in [1.82, 2.24) is 4.90 Å². The number of carbonyl (C=O) groups is 2. The summed E-state index contributed by atoms with van der Waals surface area (Å²) in [4.78, 5) is 25.4. The first-order valence-electron chi connectivity index (χ1n) is 6.45. The molecule has 2 saturated heterocycles. The number of hydrogen-bond acceptors (Lipinski definition) is 4. The van der Waals surface area contributed by atoms with Crippen LogP contribution in [0.3, 0.4) is 0 Å². The lowest BCUT2D eigenvalue weighted by molar-refractivity contribution is -0.146. The number of hydrogen-bond donors (Lipinski definition) is 2. The van der Waals surface area contributed by atoms with E-state index in [1.54, 1.807) is 4.90 Å². The summed E-state index contributed by atoms with van der Waals surface area (Å²) in [5, 5.41) is 0. The van der Waals surface area contributed by atoms with E-state index in [2.05, 4.69) is 0 Å². The molecule has 0 saturated carbocycles. The highest BCUT2D eigenvalue weighted by Crippen LogP contribution is 2.33. The minimum atomic E-state index is -0.495. The van der Waals surface area contributed by atoms with Crippen molar-refractivity contribution >= 4 is 11.8 Å². The van der Waals surface area contributed by atoms with Crippen molar-refractivity contribution in [2.75, 3.05) is 32.8 Å². The van der Waals surface area contributed by atoms with Gasteiger partial charge in [0.15, 0.2) is 0 Å². The molecule has 2 aliphatic rings. The van der Waals surface area contributed by atoms with Crippen molar-refractivity contribution in [3.8, 4) is 0 Å². The Morgan fingerprint density at radius 1 is 1.33 bits per heavy atom. The van der Waals surface area contributed by atoms with E-state index >= 15 is 0 Å². The lowest BCUT2D eigenvalue weighted by atomic mass is 9.79. The van der Waals surface area contributed by atoms with E-state index in [1.165, 1.54) is 0 Å². The Kier molecular flexibility index (Phi) is 3.87.